The molecule has 0 radical (unpaired) electrons. The van der Waals surface area contributed by atoms with Gasteiger partial charge in [-0.1, -0.05) is 30.3 Å². The largest absolute Gasteiger partial charge is 0.496 e. The zero-order valence-corrected chi connectivity index (χ0v) is 13.1. The smallest absolute Gasteiger partial charge is 0.315 e. The lowest BCUT2D eigenvalue weighted by molar-refractivity contribution is -0.142. The number of hydrogen-bond acceptors (Lipinski definition) is 4. The fourth-order valence-electron chi connectivity index (χ4n) is 2.00. The van der Waals surface area contributed by atoms with Crippen LogP contribution < -0.4 is 10.1 Å². The van der Waals surface area contributed by atoms with Crippen molar-refractivity contribution in [2.24, 2.45) is 0 Å². The Kier molecular flexibility index (Phi) is 4.82. The van der Waals surface area contributed by atoms with Gasteiger partial charge in [-0.15, -0.1) is 11.3 Å². The molecule has 0 spiro atoms. The molecule has 0 aliphatic rings. The van der Waals surface area contributed by atoms with Crippen LogP contribution in [0.2, 0.25) is 0 Å². The average Bonchev–Trinajstić information content (AvgIpc) is 3.02. The molecule has 0 saturated carbocycles. The number of methoxy groups -OCH3 is 1. The van der Waals surface area contributed by atoms with Crippen LogP contribution in [-0.2, 0) is 10.2 Å². The molecule has 2 rings (SSSR count). The fraction of sp³-hybridized carbons (Fsp3) is 0.250. The number of aliphatic carboxylic acids is 1. The monoisotopic (exact) mass is 319 g/mol. The van der Waals surface area contributed by atoms with Crippen LogP contribution in [0, 0.1) is 0 Å². The summed E-state index contributed by atoms with van der Waals surface area (Å²) in [5.74, 6) is -0.682. The van der Waals surface area contributed by atoms with Crippen molar-refractivity contribution in [2.45, 2.75) is 12.3 Å². The Morgan fingerprint density at radius 3 is 2.55 bits per heavy atom. The van der Waals surface area contributed by atoms with Crippen molar-refractivity contribution in [3.63, 3.8) is 0 Å². The number of benzene rings is 1. The van der Waals surface area contributed by atoms with Gasteiger partial charge in [-0.2, -0.15) is 0 Å². The van der Waals surface area contributed by atoms with Crippen molar-refractivity contribution < 1.29 is 19.4 Å². The van der Waals surface area contributed by atoms with Crippen LogP contribution in [-0.4, -0.2) is 30.6 Å². The van der Waals surface area contributed by atoms with Gasteiger partial charge >= 0.3 is 5.97 Å². The summed E-state index contributed by atoms with van der Waals surface area (Å²) in [4.78, 5) is 24.3. The molecule has 5 nitrogen and oxygen atoms in total. The van der Waals surface area contributed by atoms with Gasteiger partial charge in [0.1, 0.15) is 11.2 Å². The molecule has 1 unspecified atom stereocenters. The van der Waals surface area contributed by atoms with Crippen LogP contribution in [0.3, 0.4) is 0 Å². The van der Waals surface area contributed by atoms with Crippen molar-refractivity contribution in [3.8, 4) is 5.75 Å². The third-order valence-corrected chi connectivity index (χ3v) is 4.43. The Balaban J connectivity index is 2.12. The molecular weight excluding hydrogens is 302 g/mol. The van der Waals surface area contributed by atoms with Crippen molar-refractivity contribution in [3.05, 3.63) is 52.2 Å². The predicted molar refractivity (Wildman–Crippen MR) is 84.6 cm³/mol. The Labute approximate surface area is 132 Å². The third-order valence-electron chi connectivity index (χ3n) is 3.52. The first-order valence-corrected chi connectivity index (χ1v) is 7.55. The van der Waals surface area contributed by atoms with Crippen LogP contribution >= 0.6 is 11.3 Å². The molecule has 1 atom stereocenters. The zero-order valence-electron chi connectivity index (χ0n) is 12.3. The molecule has 2 N–H and O–H groups in total. The highest BCUT2D eigenvalue weighted by Gasteiger charge is 2.35. The first kappa shape index (κ1) is 16.0. The van der Waals surface area contributed by atoms with E-state index in [9.17, 15) is 14.7 Å². The molecule has 22 heavy (non-hydrogen) atoms. The van der Waals surface area contributed by atoms with E-state index in [1.165, 1.54) is 18.4 Å². The Morgan fingerprint density at radius 2 is 2.00 bits per heavy atom. The van der Waals surface area contributed by atoms with Crippen molar-refractivity contribution in [1.82, 2.24) is 5.32 Å². The second-order valence-electron chi connectivity index (χ2n) is 5.04. The molecule has 2 aromatic rings. The summed E-state index contributed by atoms with van der Waals surface area (Å²) in [7, 11) is 1.53. The number of nitrogens with one attached hydrogen (secondary N) is 1. The number of thiophene rings is 1. The number of amides is 1. The zero-order chi connectivity index (χ0) is 16.2. The van der Waals surface area contributed by atoms with Gasteiger partial charge in [-0.3, -0.25) is 9.59 Å². The van der Waals surface area contributed by atoms with E-state index in [2.05, 4.69) is 5.32 Å². The van der Waals surface area contributed by atoms with Gasteiger partial charge in [0.05, 0.1) is 12.0 Å². The van der Waals surface area contributed by atoms with E-state index in [0.29, 0.717) is 16.2 Å². The number of carbonyl (C=O) groups is 2. The topological polar surface area (TPSA) is 75.6 Å². The maximum Gasteiger partial charge on any atom is 0.315 e. The molecule has 0 aliphatic carbocycles. The molecule has 0 fully saturated rings. The first-order valence-electron chi connectivity index (χ1n) is 6.67. The highest BCUT2D eigenvalue weighted by molar-refractivity contribution is 7.12. The maximum absolute atomic E-state index is 12.1. The van der Waals surface area contributed by atoms with E-state index < -0.39 is 11.4 Å². The van der Waals surface area contributed by atoms with Gasteiger partial charge in [0.25, 0.3) is 5.91 Å². The van der Waals surface area contributed by atoms with Gasteiger partial charge in [0.15, 0.2) is 0 Å². The molecule has 1 heterocycles. The number of carboxylic acids is 1. The van der Waals surface area contributed by atoms with Crippen LogP contribution in [0.25, 0.3) is 0 Å². The van der Waals surface area contributed by atoms with Crippen molar-refractivity contribution >= 4 is 23.2 Å². The second-order valence-corrected chi connectivity index (χ2v) is 5.95. The number of ether oxygens (including phenoxy) is 1. The highest BCUT2D eigenvalue weighted by atomic mass is 32.1. The molecular formula is C16H17NO4S. The SMILES string of the molecule is COc1csc(C(=O)NCC(C)(C(=O)O)c2ccccc2)c1. The molecule has 0 aliphatic heterocycles. The first-order chi connectivity index (χ1) is 10.5. The standard InChI is InChI=1S/C16H17NO4S/c1-16(15(19)20,11-6-4-3-5-7-11)10-17-14(18)13-8-12(21-2)9-22-13/h3-9H,10H2,1-2H3,(H,17,18)(H,19,20). The predicted octanol–water partition coefficient (Wildman–Crippen LogP) is 2.53. The molecule has 1 aromatic carbocycles. The lowest BCUT2D eigenvalue weighted by Crippen LogP contribution is -2.44. The van der Waals surface area contributed by atoms with E-state index in [1.807, 2.05) is 6.07 Å². The minimum atomic E-state index is -1.18. The van der Waals surface area contributed by atoms with Gasteiger partial charge in [0.2, 0.25) is 0 Å². The third kappa shape index (κ3) is 3.28. The fourth-order valence-corrected chi connectivity index (χ4v) is 2.77. The van der Waals surface area contributed by atoms with E-state index >= 15 is 0 Å². The van der Waals surface area contributed by atoms with E-state index in [-0.39, 0.29) is 12.5 Å². The van der Waals surface area contributed by atoms with Crippen LogP contribution in [0.4, 0.5) is 0 Å². The quantitative estimate of drug-likeness (QED) is 0.858. The minimum Gasteiger partial charge on any atom is -0.496 e. The minimum absolute atomic E-state index is 0.00535. The normalized spacial score (nSPS) is 13.2. The summed E-state index contributed by atoms with van der Waals surface area (Å²) < 4.78 is 5.03. The number of hydrogen-bond donors (Lipinski definition) is 2. The molecule has 0 bridgehead atoms. The molecule has 1 amide bonds. The molecule has 0 saturated heterocycles. The summed E-state index contributed by atoms with van der Waals surface area (Å²) in [6.45, 7) is 1.60. The van der Waals surface area contributed by atoms with E-state index in [4.69, 9.17) is 4.74 Å². The summed E-state index contributed by atoms with van der Waals surface area (Å²) >= 11 is 1.25. The molecule has 116 valence electrons. The molecule has 1 aromatic heterocycles. The van der Waals surface area contributed by atoms with Crippen molar-refractivity contribution in [2.75, 3.05) is 13.7 Å². The maximum atomic E-state index is 12.1. The summed E-state index contributed by atoms with van der Waals surface area (Å²) in [5.41, 5.74) is -0.537. The lowest BCUT2D eigenvalue weighted by Gasteiger charge is -2.25. The highest BCUT2D eigenvalue weighted by Crippen LogP contribution is 2.24. The van der Waals surface area contributed by atoms with Crippen LogP contribution in [0.1, 0.15) is 22.2 Å². The number of rotatable bonds is 6. The van der Waals surface area contributed by atoms with Gasteiger partial charge in [-0.25, -0.2) is 0 Å². The van der Waals surface area contributed by atoms with Gasteiger partial charge in [0, 0.05) is 18.0 Å². The average molecular weight is 319 g/mol. The molecule has 6 heteroatoms. The van der Waals surface area contributed by atoms with Crippen LogP contribution in [0.5, 0.6) is 5.75 Å². The van der Waals surface area contributed by atoms with Gasteiger partial charge in [-0.05, 0) is 12.5 Å². The second kappa shape index (κ2) is 6.62. The number of carboxylic acid groups (broad SMARTS) is 1. The van der Waals surface area contributed by atoms with Crippen LogP contribution in [0.15, 0.2) is 41.8 Å². The Morgan fingerprint density at radius 1 is 1.32 bits per heavy atom. The summed E-state index contributed by atoms with van der Waals surface area (Å²) in [6, 6.07) is 10.5. The summed E-state index contributed by atoms with van der Waals surface area (Å²) in [6.07, 6.45) is 0. The van der Waals surface area contributed by atoms with Crippen molar-refractivity contribution in [1.29, 1.82) is 0 Å². The van der Waals surface area contributed by atoms with E-state index in [1.54, 1.807) is 42.6 Å². The number of carbonyl (C=O) groups excluding carboxylic acids is 1. The lowest BCUT2D eigenvalue weighted by atomic mass is 9.82. The Hall–Kier alpha value is -2.34. The Bertz CT molecular complexity index is 668. The summed E-state index contributed by atoms with van der Waals surface area (Å²) in [5, 5.41) is 14.0. The van der Waals surface area contributed by atoms with E-state index in [0.717, 1.165) is 0 Å². The van der Waals surface area contributed by atoms with Gasteiger partial charge < -0.3 is 15.2 Å².